The van der Waals surface area contributed by atoms with Gasteiger partial charge in [-0.15, -0.1) is 13.2 Å². The van der Waals surface area contributed by atoms with Crippen LogP contribution in [0.5, 0.6) is 0 Å². The van der Waals surface area contributed by atoms with Crippen molar-refractivity contribution >= 4 is 5.91 Å². The Kier molecular flexibility index (Phi) is 2.27. The molecule has 0 aliphatic carbocycles. The van der Waals surface area contributed by atoms with E-state index in [1.165, 1.54) is 13.5 Å². The lowest BCUT2D eigenvalue weighted by Crippen LogP contribution is -2.32. The van der Waals surface area contributed by atoms with Crippen LogP contribution in [0.15, 0.2) is 0 Å². The minimum Gasteiger partial charge on any atom is -0.343 e. The van der Waals surface area contributed by atoms with E-state index in [2.05, 4.69) is 4.74 Å². The summed E-state index contributed by atoms with van der Waals surface area (Å²) in [4.78, 5) is 12.0. The Labute approximate surface area is 67.1 Å². The second-order valence-electron chi connectivity index (χ2n) is 2.44. The van der Waals surface area contributed by atoms with E-state index in [0.29, 0.717) is 0 Å². The van der Waals surface area contributed by atoms with Crippen molar-refractivity contribution in [2.24, 2.45) is 0 Å². The number of alkyl halides is 3. The molecule has 1 heterocycles. The third kappa shape index (κ3) is 2.10. The second kappa shape index (κ2) is 2.93. The molecule has 0 N–H and O–H groups in total. The maximum atomic E-state index is 11.6. The molecule has 1 rings (SSSR count). The summed E-state index contributed by atoms with van der Waals surface area (Å²) in [6, 6.07) is 0. The summed E-state index contributed by atoms with van der Waals surface area (Å²) in [6.45, 7) is 0.194. The molecular weight excluding hydrogens is 175 g/mol. The van der Waals surface area contributed by atoms with Crippen LogP contribution in [0.2, 0.25) is 0 Å². The molecule has 69 valence electrons. The van der Waals surface area contributed by atoms with Gasteiger partial charge in [0.1, 0.15) is 0 Å². The van der Waals surface area contributed by atoms with Gasteiger partial charge in [-0.3, -0.25) is 9.53 Å². The van der Waals surface area contributed by atoms with Crippen LogP contribution in [0.3, 0.4) is 0 Å². The van der Waals surface area contributed by atoms with E-state index in [0.717, 1.165) is 4.90 Å². The fourth-order valence-corrected chi connectivity index (χ4v) is 0.904. The average molecular weight is 182 g/mol. The van der Waals surface area contributed by atoms with Crippen molar-refractivity contribution in [1.29, 1.82) is 0 Å². The number of amides is 1. The number of hydrogen-bond donors (Lipinski definition) is 0. The lowest BCUT2D eigenvalue weighted by molar-refractivity contribution is -0.332. The van der Waals surface area contributed by atoms with Crippen molar-refractivity contribution in [2.45, 2.75) is 12.5 Å². The number of carbonyl (C=O) groups excluding carboxylic acids is 1. The first-order chi connectivity index (χ1) is 5.40. The Balaban J connectivity index is 2.50. The lowest BCUT2D eigenvalue weighted by Gasteiger charge is -2.12. The molecule has 1 radical (unpaired) electrons. The summed E-state index contributed by atoms with van der Waals surface area (Å²) in [5.74, 6) is -0.660. The number of nitrogens with zero attached hydrogens (tertiary/aromatic N) is 1. The van der Waals surface area contributed by atoms with Crippen LogP contribution in [-0.2, 0) is 9.53 Å². The predicted molar refractivity (Wildman–Crippen MR) is 32.9 cm³/mol. The van der Waals surface area contributed by atoms with E-state index >= 15 is 0 Å². The molecule has 0 aromatic carbocycles. The Hall–Kier alpha value is -0.780. The molecule has 0 aromatic heterocycles. The van der Waals surface area contributed by atoms with E-state index < -0.39 is 18.4 Å². The summed E-state index contributed by atoms with van der Waals surface area (Å²) in [7, 11) is 1.42. The molecule has 1 saturated heterocycles. The molecule has 1 atom stereocenters. The van der Waals surface area contributed by atoms with Crippen molar-refractivity contribution in [3.63, 3.8) is 0 Å². The smallest absolute Gasteiger partial charge is 0.343 e. The topological polar surface area (TPSA) is 29.5 Å². The van der Waals surface area contributed by atoms with Gasteiger partial charge in [0.2, 0.25) is 0 Å². The molecule has 1 amide bonds. The van der Waals surface area contributed by atoms with Gasteiger partial charge in [0.25, 0.3) is 5.91 Å². The van der Waals surface area contributed by atoms with Crippen LogP contribution in [0.25, 0.3) is 0 Å². The van der Waals surface area contributed by atoms with Crippen molar-refractivity contribution in [3.8, 4) is 0 Å². The fraction of sp³-hybridized carbons (Fsp3) is 0.667. The minimum atomic E-state index is -4.75. The van der Waals surface area contributed by atoms with Gasteiger partial charge in [0, 0.05) is 20.0 Å². The van der Waals surface area contributed by atoms with Crippen LogP contribution in [-0.4, -0.2) is 36.9 Å². The van der Waals surface area contributed by atoms with Gasteiger partial charge in [-0.25, -0.2) is 0 Å². The average Bonchev–Trinajstić information content (AvgIpc) is 2.16. The number of ether oxygens (including phenoxy) is 1. The first-order valence-electron chi connectivity index (χ1n) is 3.23. The molecule has 0 spiro atoms. The number of hydrogen-bond acceptors (Lipinski definition) is 2. The van der Waals surface area contributed by atoms with Crippen LogP contribution in [0.4, 0.5) is 13.2 Å². The highest BCUT2D eigenvalue weighted by Crippen LogP contribution is 2.23. The van der Waals surface area contributed by atoms with Crippen molar-refractivity contribution in [3.05, 3.63) is 6.42 Å². The number of rotatable bonds is 1. The number of likely N-dealkylation sites (tertiary alicyclic amines) is 1. The summed E-state index contributed by atoms with van der Waals surface area (Å²) in [5.41, 5.74) is 0. The van der Waals surface area contributed by atoms with Crippen molar-refractivity contribution < 1.29 is 22.7 Å². The first kappa shape index (κ1) is 9.31. The molecule has 1 fully saturated rings. The summed E-state index contributed by atoms with van der Waals surface area (Å²) in [6.07, 6.45) is -5.03. The molecule has 0 bridgehead atoms. The van der Waals surface area contributed by atoms with E-state index in [4.69, 9.17) is 0 Å². The van der Waals surface area contributed by atoms with E-state index in [-0.39, 0.29) is 6.54 Å². The van der Waals surface area contributed by atoms with Gasteiger partial charge in [-0.05, 0) is 0 Å². The lowest BCUT2D eigenvalue weighted by atomic mass is 10.3. The summed E-state index contributed by atoms with van der Waals surface area (Å²) < 4.78 is 38.3. The van der Waals surface area contributed by atoms with Crippen LogP contribution < -0.4 is 0 Å². The predicted octanol–water partition coefficient (Wildman–Crippen LogP) is 0.568. The molecule has 12 heavy (non-hydrogen) atoms. The van der Waals surface area contributed by atoms with Crippen molar-refractivity contribution in [2.75, 3.05) is 13.6 Å². The van der Waals surface area contributed by atoms with Gasteiger partial charge in [-0.2, -0.15) is 0 Å². The number of likely N-dealkylation sites (N-methyl/N-ethyl adjacent to an activating group) is 1. The Morgan fingerprint density at radius 3 is 2.58 bits per heavy atom. The maximum Gasteiger partial charge on any atom is 0.523 e. The highest BCUT2D eigenvalue weighted by Gasteiger charge is 2.40. The Morgan fingerprint density at radius 1 is 1.67 bits per heavy atom. The molecular formula is C6H7F3NO2. The van der Waals surface area contributed by atoms with Gasteiger partial charge in [-0.1, -0.05) is 0 Å². The van der Waals surface area contributed by atoms with Crippen LogP contribution in [0, 0.1) is 6.42 Å². The maximum absolute atomic E-state index is 11.6. The second-order valence-corrected chi connectivity index (χ2v) is 2.44. The van der Waals surface area contributed by atoms with E-state index in [1.807, 2.05) is 0 Å². The number of carbonyl (C=O) groups is 1. The van der Waals surface area contributed by atoms with Gasteiger partial charge >= 0.3 is 6.36 Å². The van der Waals surface area contributed by atoms with Crippen LogP contribution in [0.1, 0.15) is 0 Å². The van der Waals surface area contributed by atoms with Gasteiger partial charge in [0.15, 0.2) is 6.10 Å². The molecule has 6 heteroatoms. The van der Waals surface area contributed by atoms with Crippen molar-refractivity contribution in [1.82, 2.24) is 4.90 Å². The highest BCUT2D eigenvalue weighted by atomic mass is 19.4. The molecule has 1 aliphatic rings. The number of halogens is 3. The molecule has 0 aromatic rings. The molecule has 0 saturated carbocycles. The zero-order valence-electron chi connectivity index (χ0n) is 6.26. The Bertz CT molecular complexity index is 192. The van der Waals surface area contributed by atoms with Gasteiger partial charge in [0.05, 0.1) is 0 Å². The molecule has 1 unspecified atom stereocenters. The third-order valence-electron chi connectivity index (χ3n) is 1.47. The van der Waals surface area contributed by atoms with E-state index in [9.17, 15) is 18.0 Å². The largest absolute Gasteiger partial charge is 0.523 e. The van der Waals surface area contributed by atoms with Crippen LogP contribution >= 0.6 is 0 Å². The first-order valence-corrected chi connectivity index (χ1v) is 3.23. The zero-order valence-corrected chi connectivity index (χ0v) is 6.26. The summed E-state index contributed by atoms with van der Waals surface area (Å²) >= 11 is 0. The zero-order chi connectivity index (χ0) is 9.35. The quantitative estimate of drug-likeness (QED) is 0.593. The SMILES string of the molecule is CN1C[CH]C(OC(F)(F)F)C1=O. The summed E-state index contributed by atoms with van der Waals surface area (Å²) in [5, 5.41) is 0. The highest BCUT2D eigenvalue weighted by molar-refractivity contribution is 5.84. The molecule has 1 aliphatic heterocycles. The van der Waals surface area contributed by atoms with Gasteiger partial charge < -0.3 is 4.90 Å². The standard InChI is InChI=1S/C6H7F3NO2/c1-10-3-2-4(5(10)11)12-6(7,8)9/h2,4H,3H2,1H3. The third-order valence-corrected chi connectivity index (χ3v) is 1.47. The molecule has 3 nitrogen and oxygen atoms in total. The fourth-order valence-electron chi connectivity index (χ4n) is 0.904. The normalized spacial score (nSPS) is 25.2. The van der Waals surface area contributed by atoms with E-state index in [1.54, 1.807) is 0 Å². The Morgan fingerprint density at radius 2 is 2.25 bits per heavy atom. The minimum absolute atomic E-state index is 0.194. The monoisotopic (exact) mass is 182 g/mol.